The van der Waals surface area contributed by atoms with Crippen LogP contribution in [-0.2, 0) is 0 Å². The smallest absolute Gasteiger partial charge is 0.128 e. The summed E-state index contributed by atoms with van der Waals surface area (Å²) < 4.78 is 12.2. The number of nitrogens with two attached hydrogens (primary N) is 1. The molecular weight excluding hydrogens is 354 g/mol. The zero-order chi connectivity index (χ0) is 15.0. The summed E-state index contributed by atoms with van der Waals surface area (Å²) >= 11 is 9.56. The molecule has 0 spiro atoms. The molecular formula is C16H15BrClNO2. The van der Waals surface area contributed by atoms with Gasteiger partial charge in [0.15, 0.2) is 0 Å². The van der Waals surface area contributed by atoms with Gasteiger partial charge >= 0.3 is 0 Å². The zero-order valence-electron chi connectivity index (χ0n) is 11.5. The van der Waals surface area contributed by atoms with Gasteiger partial charge in [-0.2, -0.15) is 0 Å². The highest BCUT2D eigenvalue weighted by atomic mass is 79.9. The minimum absolute atomic E-state index is 0.0629. The Labute approximate surface area is 137 Å². The molecule has 0 amide bonds. The third-order valence-corrected chi connectivity index (χ3v) is 4.91. The van der Waals surface area contributed by atoms with Gasteiger partial charge in [-0.05, 0) is 39.7 Å². The Kier molecular flexibility index (Phi) is 4.11. The maximum Gasteiger partial charge on any atom is 0.128 e. The van der Waals surface area contributed by atoms with E-state index in [0.29, 0.717) is 5.02 Å². The number of hydrogen-bond acceptors (Lipinski definition) is 3. The largest absolute Gasteiger partial charge is 0.497 e. The van der Waals surface area contributed by atoms with Gasteiger partial charge in [0.2, 0.25) is 0 Å². The van der Waals surface area contributed by atoms with Crippen LogP contribution in [0.4, 0.5) is 0 Å². The van der Waals surface area contributed by atoms with E-state index in [-0.39, 0.29) is 12.1 Å². The van der Waals surface area contributed by atoms with Crippen molar-refractivity contribution in [2.24, 2.45) is 5.73 Å². The SMILES string of the molecule is COc1ccc2c(c1)OC(c1ccc(Br)c(Cl)c1)CC2N. The Morgan fingerprint density at radius 3 is 2.81 bits per heavy atom. The zero-order valence-corrected chi connectivity index (χ0v) is 13.8. The Bertz CT molecular complexity index is 677. The minimum Gasteiger partial charge on any atom is -0.497 e. The quantitative estimate of drug-likeness (QED) is 0.840. The molecule has 2 atom stereocenters. The van der Waals surface area contributed by atoms with E-state index in [1.165, 1.54) is 0 Å². The first-order valence-corrected chi connectivity index (χ1v) is 7.80. The van der Waals surface area contributed by atoms with E-state index in [0.717, 1.165) is 33.5 Å². The van der Waals surface area contributed by atoms with E-state index in [9.17, 15) is 0 Å². The lowest BCUT2D eigenvalue weighted by Gasteiger charge is -2.31. The summed E-state index contributed by atoms with van der Waals surface area (Å²) in [5.74, 6) is 1.53. The van der Waals surface area contributed by atoms with Crippen molar-refractivity contribution < 1.29 is 9.47 Å². The van der Waals surface area contributed by atoms with Crippen LogP contribution in [0, 0.1) is 0 Å². The van der Waals surface area contributed by atoms with Gasteiger partial charge in [0.25, 0.3) is 0 Å². The molecule has 3 nitrogen and oxygen atoms in total. The minimum atomic E-state index is -0.106. The number of hydrogen-bond donors (Lipinski definition) is 1. The van der Waals surface area contributed by atoms with Crippen LogP contribution in [0.5, 0.6) is 11.5 Å². The number of halogens is 2. The molecule has 0 saturated carbocycles. The molecule has 2 N–H and O–H groups in total. The molecule has 0 saturated heterocycles. The summed E-state index contributed by atoms with van der Waals surface area (Å²) in [6, 6.07) is 11.5. The van der Waals surface area contributed by atoms with Crippen LogP contribution in [-0.4, -0.2) is 7.11 Å². The van der Waals surface area contributed by atoms with E-state index in [1.54, 1.807) is 7.11 Å². The summed E-state index contributed by atoms with van der Waals surface area (Å²) in [6.45, 7) is 0. The number of ether oxygens (including phenoxy) is 2. The third-order valence-electron chi connectivity index (χ3n) is 3.67. The summed E-state index contributed by atoms with van der Waals surface area (Å²) in [4.78, 5) is 0. The fourth-order valence-electron chi connectivity index (χ4n) is 2.53. The van der Waals surface area contributed by atoms with Crippen molar-refractivity contribution in [3.8, 4) is 11.5 Å². The van der Waals surface area contributed by atoms with Crippen molar-refractivity contribution in [3.05, 3.63) is 57.0 Å². The van der Waals surface area contributed by atoms with Crippen LogP contribution in [0.1, 0.15) is 29.7 Å². The highest BCUT2D eigenvalue weighted by Gasteiger charge is 2.27. The Morgan fingerprint density at radius 1 is 1.29 bits per heavy atom. The van der Waals surface area contributed by atoms with Gasteiger partial charge < -0.3 is 15.2 Å². The second-order valence-electron chi connectivity index (χ2n) is 5.03. The molecule has 110 valence electrons. The normalized spacial score (nSPS) is 20.6. The average Bonchev–Trinajstić information content (AvgIpc) is 2.49. The molecule has 0 bridgehead atoms. The lowest BCUT2D eigenvalue weighted by Crippen LogP contribution is -2.24. The number of benzene rings is 2. The van der Waals surface area contributed by atoms with Crippen molar-refractivity contribution in [2.45, 2.75) is 18.6 Å². The second kappa shape index (κ2) is 5.87. The van der Waals surface area contributed by atoms with E-state index < -0.39 is 0 Å². The molecule has 0 fully saturated rings. The van der Waals surface area contributed by atoms with Gasteiger partial charge in [0.1, 0.15) is 17.6 Å². The lowest BCUT2D eigenvalue weighted by atomic mass is 9.93. The number of methoxy groups -OCH3 is 1. The second-order valence-corrected chi connectivity index (χ2v) is 6.29. The average molecular weight is 369 g/mol. The van der Waals surface area contributed by atoms with E-state index in [4.69, 9.17) is 26.8 Å². The molecule has 0 aromatic heterocycles. The van der Waals surface area contributed by atoms with Crippen molar-refractivity contribution in [3.63, 3.8) is 0 Å². The molecule has 5 heteroatoms. The van der Waals surface area contributed by atoms with Gasteiger partial charge in [0, 0.05) is 28.6 Å². The molecule has 1 heterocycles. The highest BCUT2D eigenvalue weighted by molar-refractivity contribution is 9.10. The van der Waals surface area contributed by atoms with Gasteiger partial charge in [-0.25, -0.2) is 0 Å². The standard InChI is InChI=1S/C16H15BrClNO2/c1-20-10-3-4-11-14(19)8-15(21-16(11)7-10)9-2-5-12(17)13(18)6-9/h2-7,14-15H,8,19H2,1H3. The predicted molar refractivity (Wildman–Crippen MR) is 87.1 cm³/mol. The van der Waals surface area contributed by atoms with Crippen LogP contribution < -0.4 is 15.2 Å². The summed E-state index contributed by atoms with van der Waals surface area (Å²) in [5.41, 5.74) is 8.30. The van der Waals surface area contributed by atoms with Gasteiger partial charge in [0.05, 0.1) is 12.1 Å². The Morgan fingerprint density at radius 2 is 2.10 bits per heavy atom. The number of fused-ring (bicyclic) bond motifs is 1. The van der Waals surface area contributed by atoms with E-state index in [1.807, 2.05) is 36.4 Å². The first-order valence-electron chi connectivity index (χ1n) is 6.63. The van der Waals surface area contributed by atoms with Crippen LogP contribution in [0.15, 0.2) is 40.9 Å². The molecule has 0 radical (unpaired) electrons. The van der Waals surface area contributed by atoms with Crippen LogP contribution in [0.2, 0.25) is 5.02 Å². The Balaban J connectivity index is 1.94. The lowest BCUT2D eigenvalue weighted by molar-refractivity contribution is 0.161. The summed E-state index contributed by atoms with van der Waals surface area (Å²) in [5, 5.41) is 0.668. The molecule has 1 aliphatic rings. The van der Waals surface area contributed by atoms with E-state index >= 15 is 0 Å². The first-order chi connectivity index (χ1) is 10.1. The maximum absolute atomic E-state index is 6.27. The molecule has 2 aromatic rings. The maximum atomic E-state index is 6.27. The molecule has 1 aliphatic heterocycles. The van der Waals surface area contributed by atoms with Crippen LogP contribution >= 0.6 is 27.5 Å². The number of rotatable bonds is 2. The van der Waals surface area contributed by atoms with Gasteiger partial charge in [-0.1, -0.05) is 23.7 Å². The van der Waals surface area contributed by atoms with E-state index in [2.05, 4.69) is 15.9 Å². The topological polar surface area (TPSA) is 44.5 Å². The molecule has 2 unspecified atom stereocenters. The summed E-state index contributed by atoms with van der Waals surface area (Å²) in [7, 11) is 1.64. The molecule has 0 aliphatic carbocycles. The summed E-state index contributed by atoms with van der Waals surface area (Å²) in [6.07, 6.45) is 0.613. The monoisotopic (exact) mass is 367 g/mol. The third kappa shape index (κ3) is 2.89. The van der Waals surface area contributed by atoms with Crippen LogP contribution in [0.3, 0.4) is 0 Å². The van der Waals surface area contributed by atoms with Crippen molar-refractivity contribution in [2.75, 3.05) is 7.11 Å². The Hall–Kier alpha value is -1.23. The molecule has 3 rings (SSSR count). The predicted octanol–water partition coefficient (Wildman–Crippen LogP) is 4.63. The fourth-order valence-corrected chi connectivity index (χ4v) is 2.96. The first kappa shape index (κ1) is 14.7. The van der Waals surface area contributed by atoms with Gasteiger partial charge in [-0.15, -0.1) is 0 Å². The van der Waals surface area contributed by atoms with Crippen molar-refractivity contribution >= 4 is 27.5 Å². The van der Waals surface area contributed by atoms with Crippen LogP contribution in [0.25, 0.3) is 0 Å². The fraction of sp³-hybridized carbons (Fsp3) is 0.250. The highest BCUT2D eigenvalue weighted by Crippen LogP contribution is 2.42. The molecule has 2 aromatic carbocycles. The molecule has 21 heavy (non-hydrogen) atoms. The van der Waals surface area contributed by atoms with Crippen molar-refractivity contribution in [1.82, 2.24) is 0 Å². The van der Waals surface area contributed by atoms with Gasteiger partial charge in [-0.3, -0.25) is 0 Å². The van der Waals surface area contributed by atoms with Crippen molar-refractivity contribution in [1.29, 1.82) is 0 Å².